The summed E-state index contributed by atoms with van der Waals surface area (Å²) in [4.78, 5) is 15.5. The Morgan fingerprint density at radius 1 is 1.60 bits per heavy atom. The average molecular weight is 226 g/mol. The van der Waals surface area contributed by atoms with Gasteiger partial charge in [-0.1, -0.05) is 11.6 Å². The molecule has 0 unspecified atom stereocenters. The monoisotopic (exact) mass is 225 g/mol. The van der Waals surface area contributed by atoms with Gasteiger partial charge in [-0.3, -0.25) is 9.36 Å². The van der Waals surface area contributed by atoms with Crippen molar-refractivity contribution in [3.63, 3.8) is 0 Å². The van der Waals surface area contributed by atoms with Crippen LogP contribution in [-0.2, 0) is 6.54 Å². The number of nitrogens with zero attached hydrogens (tertiary/aromatic N) is 3. The Bertz CT molecular complexity index is 433. The van der Waals surface area contributed by atoms with Gasteiger partial charge in [0.05, 0.1) is 6.07 Å². The molecule has 5 heteroatoms. The molecule has 0 saturated carbocycles. The maximum absolute atomic E-state index is 11.5. The SMILES string of the molecule is Cc1nc(Cl)cc(=O)n1CCCCC#N. The molecule has 0 aromatic carbocycles. The van der Waals surface area contributed by atoms with E-state index in [0.29, 0.717) is 18.8 Å². The van der Waals surface area contributed by atoms with Crippen LogP contribution >= 0.6 is 11.6 Å². The van der Waals surface area contributed by atoms with Crippen LogP contribution in [0.4, 0.5) is 0 Å². The van der Waals surface area contributed by atoms with Crippen molar-refractivity contribution < 1.29 is 0 Å². The van der Waals surface area contributed by atoms with Gasteiger partial charge in [-0.15, -0.1) is 0 Å². The molecule has 4 nitrogen and oxygen atoms in total. The lowest BCUT2D eigenvalue weighted by atomic mass is 10.2. The van der Waals surface area contributed by atoms with Gasteiger partial charge in [0.2, 0.25) is 0 Å². The summed E-state index contributed by atoms with van der Waals surface area (Å²) in [6.07, 6.45) is 2.12. The summed E-state index contributed by atoms with van der Waals surface area (Å²) < 4.78 is 1.57. The fourth-order valence-electron chi connectivity index (χ4n) is 1.33. The second-order valence-corrected chi connectivity index (χ2v) is 3.62. The van der Waals surface area contributed by atoms with Crippen molar-refractivity contribution in [3.05, 3.63) is 27.4 Å². The number of hydrogen-bond acceptors (Lipinski definition) is 3. The predicted octanol–water partition coefficient (Wildman–Crippen LogP) is 1.90. The van der Waals surface area contributed by atoms with Gasteiger partial charge in [0, 0.05) is 19.0 Å². The molecule has 1 aromatic heterocycles. The highest BCUT2D eigenvalue weighted by Crippen LogP contribution is 2.03. The van der Waals surface area contributed by atoms with Gasteiger partial charge in [-0.05, 0) is 19.8 Å². The van der Waals surface area contributed by atoms with E-state index in [4.69, 9.17) is 16.9 Å². The summed E-state index contributed by atoms with van der Waals surface area (Å²) in [5, 5.41) is 8.59. The van der Waals surface area contributed by atoms with Crippen molar-refractivity contribution in [2.24, 2.45) is 0 Å². The fourth-order valence-corrected chi connectivity index (χ4v) is 1.55. The Morgan fingerprint density at radius 2 is 2.33 bits per heavy atom. The normalized spacial score (nSPS) is 9.93. The van der Waals surface area contributed by atoms with E-state index in [0.717, 1.165) is 12.8 Å². The number of hydrogen-bond donors (Lipinski definition) is 0. The van der Waals surface area contributed by atoms with Crippen LogP contribution in [0.5, 0.6) is 0 Å². The number of aromatic nitrogens is 2. The van der Waals surface area contributed by atoms with E-state index in [1.165, 1.54) is 6.07 Å². The molecule has 1 heterocycles. The summed E-state index contributed by atoms with van der Waals surface area (Å²) in [5.41, 5.74) is -0.135. The van der Waals surface area contributed by atoms with Crippen LogP contribution < -0.4 is 5.56 Å². The topological polar surface area (TPSA) is 58.7 Å². The van der Waals surface area contributed by atoms with Gasteiger partial charge >= 0.3 is 0 Å². The molecule has 0 aliphatic carbocycles. The highest BCUT2D eigenvalue weighted by atomic mass is 35.5. The first-order valence-electron chi connectivity index (χ1n) is 4.76. The third kappa shape index (κ3) is 3.37. The molecule has 1 aromatic rings. The Morgan fingerprint density at radius 3 is 2.93 bits per heavy atom. The van der Waals surface area contributed by atoms with Crippen LogP contribution in [0.1, 0.15) is 25.1 Å². The van der Waals surface area contributed by atoms with Crippen LogP contribution in [0.25, 0.3) is 0 Å². The van der Waals surface area contributed by atoms with Crippen LogP contribution in [0, 0.1) is 18.3 Å². The Balaban J connectivity index is 2.70. The minimum atomic E-state index is -0.135. The molecule has 0 N–H and O–H groups in total. The zero-order chi connectivity index (χ0) is 11.3. The van der Waals surface area contributed by atoms with E-state index in [1.54, 1.807) is 11.5 Å². The number of nitriles is 1. The lowest BCUT2D eigenvalue weighted by Crippen LogP contribution is -2.22. The summed E-state index contributed by atoms with van der Waals surface area (Å²) in [6, 6.07) is 3.37. The third-order valence-corrected chi connectivity index (χ3v) is 2.28. The number of rotatable bonds is 4. The molecule has 0 atom stereocenters. The van der Waals surface area contributed by atoms with E-state index in [-0.39, 0.29) is 10.7 Å². The third-order valence-electron chi connectivity index (χ3n) is 2.09. The molecule has 80 valence electrons. The first-order chi connectivity index (χ1) is 7.15. The molecule has 15 heavy (non-hydrogen) atoms. The molecular formula is C10H12ClN3O. The lowest BCUT2D eigenvalue weighted by Gasteiger charge is -2.07. The molecule has 0 aliphatic rings. The Hall–Kier alpha value is -1.34. The van der Waals surface area contributed by atoms with Crippen molar-refractivity contribution in [1.29, 1.82) is 5.26 Å². The second-order valence-electron chi connectivity index (χ2n) is 3.23. The quantitative estimate of drug-likeness (QED) is 0.581. The first-order valence-corrected chi connectivity index (χ1v) is 5.14. The molecular weight excluding hydrogens is 214 g/mol. The van der Waals surface area contributed by atoms with E-state index < -0.39 is 0 Å². The van der Waals surface area contributed by atoms with Gasteiger partial charge in [-0.2, -0.15) is 5.26 Å². The Labute approximate surface area is 93.1 Å². The summed E-state index contributed by atoms with van der Waals surface area (Å²) in [5.74, 6) is 0.615. The zero-order valence-electron chi connectivity index (χ0n) is 8.53. The molecule has 0 aliphatic heterocycles. The van der Waals surface area contributed by atoms with Crippen molar-refractivity contribution in [2.75, 3.05) is 0 Å². The van der Waals surface area contributed by atoms with E-state index in [9.17, 15) is 4.79 Å². The molecule has 0 saturated heterocycles. The van der Waals surface area contributed by atoms with Crippen LogP contribution in [0.3, 0.4) is 0 Å². The second kappa shape index (κ2) is 5.52. The number of unbranched alkanes of at least 4 members (excludes halogenated alkanes) is 2. The van der Waals surface area contributed by atoms with E-state index in [1.807, 2.05) is 0 Å². The highest BCUT2D eigenvalue weighted by molar-refractivity contribution is 6.29. The molecule has 0 radical (unpaired) electrons. The largest absolute Gasteiger partial charge is 0.297 e. The van der Waals surface area contributed by atoms with Gasteiger partial charge in [0.15, 0.2) is 0 Å². The summed E-state index contributed by atoms with van der Waals surface area (Å²) in [6.45, 7) is 2.34. The maximum Gasteiger partial charge on any atom is 0.254 e. The maximum atomic E-state index is 11.5. The van der Waals surface area contributed by atoms with Crippen molar-refractivity contribution in [1.82, 2.24) is 9.55 Å². The van der Waals surface area contributed by atoms with Gasteiger partial charge in [0.25, 0.3) is 5.56 Å². The van der Waals surface area contributed by atoms with Gasteiger partial charge < -0.3 is 0 Å². The fraction of sp³-hybridized carbons (Fsp3) is 0.500. The first kappa shape index (κ1) is 11.7. The summed E-state index contributed by atoms with van der Waals surface area (Å²) >= 11 is 5.64. The standard InChI is InChI=1S/C10H12ClN3O/c1-8-13-9(11)7-10(15)14(8)6-4-2-3-5-12/h7H,2-4,6H2,1H3. The number of halogens is 1. The average Bonchev–Trinajstić information content (AvgIpc) is 2.15. The highest BCUT2D eigenvalue weighted by Gasteiger charge is 2.02. The van der Waals surface area contributed by atoms with Crippen LogP contribution in [-0.4, -0.2) is 9.55 Å². The van der Waals surface area contributed by atoms with Gasteiger partial charge in [-0.25, -0.2) is 4.98 Å². The minimum absolute atomic E-state index is 0.135. The zero-order valence-corrected chi connectivity index (χ0v) is 9.29. The van der Waals surface area contributed by atoms with E-state index >= 15 is 0 Å². The number of aryl methyl sites for hydroxylation is 1. The predicted molar refractivity (Wildman–Crippen MR) is 57.7 cm³/mol. The van der Waals surface area contributed by atoms with Gasteiger partial charge in [0.1, 0.15) is 11.0 Å². The van der Waals surface area contributed by atoms with E-state index in [2.05, 4.69) is 11.1 Å². The minimum Gasteiger partial charge on any atom is -0.297 e. The summed E-state index contributed by atoms with van der Waals surface area (Å²) in [7, 11) is 0. The molecule has 0 spiro atoms. The smallest absolute Gasteiger partial charge is 0.254 e. The lowest BCUT2D eigenvalue weighted by molar-refractivity contribution is 0.575. The van der Waals surface area contributed by atoms with Crippen molar-refractivity contribution in [2.45, 2.75) is 32.7 Å². The van der Waals surface area contributed by atoms with Crippen molar-refractivity contribution in [3.8, 4) is 6.07 Å². The van der Waals surface area contributed by atoms with Crippen LogP contribution in [0.2, 0.25) is 5.15 Å². The molecule has 0 bridgehead atoms. The molecule has 0 amide bonds. The Kier molecular flexibility index (Phi) is 4.32. The molecule has 0 fully saturated rings. The molecule has 1 rings (SSSR count). The van der Waals surface area contributed by atoms with Crippen molar-refractivity contribution >= 4 is 11.6 Å². The van der Waals surface area contributed by atoms with Crippen LogP contribution in [0.15, 0.2) is 10.9 Å².